The molecule has 0 aliphatic heterocycles. The SMILES string of the molecule is C[C@@H](C(=O)O)[C@H](NC(=O)OC(C)(C)C)C(=O)CBr. The molecule has 2 N–H and O–H groups in total. The van der Waals surface area contributed by atoms with Gasteiger partial charge in [0.25, 0.3) is 0 Å². The van der Waals surface area contributed by atoms with Crippen LogP contribution < -0.4 is 5.32 Å². The van der Waals surface area contributed by atoms with E-state index in [9.17, 15) is 14.4 Å². The fourth-order valence-electron chi connectivity index (χ4n) is 1.14. The van der Waals surface area contributed by atoms with Crippen LogP contribution in [0.4, 0.5) is 4.79 Å². The molecule has 0 spiro atoms. The molecule has 2 atom stereocenters. The predicted octanol–water partition coefficient (Wildman–Crippen LogP) is 1.56. The second-order valence-electron chi connectivity index (χ2n) is 4.85. The highest BCUT2D eigenvalue weighted by Gasteiger charge is 2.32. The first kappa shape index (κ1) is 16.9. The number of alkyl halides is 1. The van der Waals surface area contributed by atoms with Crippen molar-refractivity contribution in [3.05, 3.63) is 0 Å². The van der Waals surface area contributed by atoms with Gasteiger partial charge in [-0.3, -0.25) is 9.59 Å². The van der Waals surface area contributed by atoms with Gasteiger partial charge >= 0.3 is 12.1 Å². The van der Waals surface area contributed by atoms with Crippen molar-refractivity contribution in [1.82, 2.24) is 5.32 Å². The van der Waals surface area contributed by atoms with Crippen molar-refractivity contribution in [3.63, 3.8) is 0 Å². The Balaban J connectivity index is 4.76. The quantitative estimate of drug-likeness (QED) is 0.749. The molecule has 0 bridgehead atoms. The standard InChI is InChI=1S/C11H18BrNO5/c1-6(9(15)16)8(7(14)5-12)13-10(17)18-11(2,3)4/h6,8H,5H2,1-4H3,(H,13,17)(H,15,16)/t6-,8+/m1/s1. The van der Waals surface area contributed by atoms with Crippen LogP contribution in [-0.4, -0.2) is 39.9 Å². The van der Waals surface area contributed by atoms with E-state index in [1.54, 1.807) is 20.8 Å². The molecule has 0 saturated heterocycles. The number of hydrogen-bond donors (Lipinski definition) is 2. The number of nitrogens with one attached hydrogen (secondary N) is 1. The summed E-state index contributed by atoms with van der Waals surface area (Å²) in [5.41, 5.74) is -0.710. The van der Waals surface area contributed by atoms with Gasteiger partial charge in [0.1, 0.15) is 11.6 Å². The van der Waals surface area contributed by atoms with E-state index in [1.165, 1.54) is 6.92 Å². The maximum Gasteiger partial charge on any atom is 0.408 e. The highest BCUT2D eigenvalue weighted by molar-refractivity contribution is 9.09. The highest BCUT2D eigenvalue weighted by atomic mass is 79.9. The number of carboxylic acids is 1. The summed E-state index contributed by atoms with van der Waals surface area (Å²) in [4.78, 5) is 34.0. The second-order valence-corrected chi connectivity index (χ2v) is 5.41. The van der Waals surface area contributed by atoms with Crippen LogP contribution in [-0.2, 0) is 14.3 Å². The molecule has 0 radical (unpaired) electrons. The number of carbonyl (C=O) groups is 3. The highest BCUT2D eigenvalue weighted by Crippen LogP contribution is 2.10. The Kier molecular flexibility index (Phi) is 6.31. The third kappa shape index (κ3) is 6.00. The summed E-state index contributed by atoms with van der Waals surface area (Å²) in [7, 11) is 0. The molecule has 0 fully saturated rings. The van der Waals surface area contributed by atoms with Gasteiger partial charge < -0.3 is 15.2 Å². The molecule has 0 saturated carbocycles. The van der Waals surface area contributed by atoms with Gasteiger partial charge in [-0.25, -0.2) is 4.79 Å². The van der Waals surface area contributed by atoms with Crippen LogP contribution in [0.2, 0.25) is 0 Å². The summed E-state index contributed by atoms with van der Waals surface area (Å²) in [6, 6.07) is -1.11. The Morgan fingerprint density at radius 2 is 1.83 bits per heavy atom. The second kappa shape index (κ2) is 6.72. The number of hydrogen-bond acceptors (Lipinski definition) is 4. The summed E-state index contributed by atoms with van der Waals surface area (Å²) in [5, 5.41) is 11.1. The monoisotopic (exact) mass is 323 g/mol. The number of ketones is 1. The zero-order valence-corrected chi connectivity index (χ0v) is 12.4. The van der Waals surface area contributed by atoms with Crippen molar-refractivity contribution in [2.45, 2.75) is 39.3 Å². The smallest absolute Gasteiger partial charge is 0.408 e. The zero-order valence-electron chi connectivity index (χ0n) is 10.8. The van der Waals surface area contributed by atoms with Gasteiger partial charge in [-0.2, -0.15) is 0 Å². The molecule has 18 heavy (non-hydrogen) atoms. The first-order valence-electron chi connectivity index (χ1n) is 5.39. The lowest BCUT2D eigenvalue weighted by Gasteiger charge is -2.24. The molecule has 1 amide bonds. The van der Waals surface area contributed by atoms with Crippen LogP contribution in [0.15, 0.2) is 0 Å². The Morgan fingerprint density at radius 3 is 2.17 bits per heavy atom. The minimum absolute atomic E-state index is 0.0366. The lowest BCUT2D eigenvalue weighted by molar-refractivity contribution is -0.144. The van der Waals surface area contributed by atoms with Gasteiger partial charge in [0.2, 0.25) is 0 Å². The lowest BCUT2D eigenvalue weighted by atomic mass is 9.99. The maximum atomic E-state index is 11.6. The molecule has 6 nitrogen and oxygen atoms in total. The average molecular weight is 324 g/mol. The van der Waals surface area contributed by atoms with Crippen LogP contribution in [0.5, 0.6) is 0 Å². The van der Waals surface area contributed by atoms with Crippen molar-refractivity contribution >= 4 is 33.8 Å². The van der Waals surface area contributed by atoms with Crippen LogP contribution in [0, 0.1) is 5.92 Å². The van der Waals surface area contributed by atoms with Crippen molar-refractivity contribution in [1.29, 1.82) is 0 Å². The fourth-order valence-corrected chi connectivity index (χ4v) is 1.49. The van der Waals surface area contributed by atoms with E-state index >= 15 is 0 Å². The number of Topliss-reactive ketones (excluding diaryl/α,β-unsaturated/α-hetero) is 1. The molecule has 0 rings (SSSR count). The van der Waals surface area contributed by atoms with Crippen molar-refractivity contribution in [3.8, 4) is 0 Å². The maximum absolute atomic E-state index is 11.6. The summed E-state index contributed by atoms with van der Waals surface area (Å²) >= 11 is 2.95. The van der Waals surface area contributed by atoms with Gasteiger partial charge in [0.15, 0.2) is 5.78 Å². The average Bonchev–Trinajstić information content (AvgIpc) is 2.21. The Hall–Kier alpha value is -1.11. The Bertz CT molecular complexity index is 337. The summed E-state index contributed by atoms with van der Waals surface area (Å²) in [6.45, 7) is 6.38. The number of halogens is 1. The molecule has 0 aromatic heterocycles. The number of rotatable bonds is 5. The molecular formula is C11H18BrNO5. The van der Waals surface area contributed by atoms with Gasteiger partial charge in [-0.1, -0.05) is 15.9 Å². The molecule has 7 heteroatoms. The fraction of sp³-hybridized carbons (Fsp3) is 0.727. The molecule has 0 unspecified atom stereocenters. The molecule has 0 aliphatic rings. The van der Waals surface area contributed by atoms with Crippen LogP contribution >= 0.6 is 15.9 Å². The topological polar surface area (TPSA) is 92.7 Å². The van der Waals surface area contributed by atoms with E-state index < -0.39 is 35.4 Å². The Labute approximate surface area is 114 Å². The van der Waals surface area contributed by atoms with Gasteiger partial charge in [0, 0.05) is 0 Å². The normalized spacial score (nSPS) is 14.5. The van der Waals surface area contributed by atoms with Gasteiger partial charge in [-0.05, 0) is 27.7 Å². The predicted molar refractivity (Wildman–Crippen MR) is 68.8 cm³/mol. The van der Waals surface area contributed by atoms with E-state index in [-0.39, 0.29) is 5.33 Å². The summed E-state index contributed by atoms with van der Waals surface area (Å²) < 4.78 is 4.98. The number of amides is 1. The van der Waals surface area contributed by atoms with Gasteiger partial charge in [-0.15, -0.1) is 0 Å². The first-order chi connectivity index (χ1) is 8.08. The minimum Gasteiger partial charge on any atom is -0.481 e. The first-order valence-corrected chi connectivity index (χ1v) is 6.51. The molecule has 0 aromatic rings. The molecule has 104 valence electrons. The van der Waals surface area contributed by atoms with E-state index in [2.05, 4.69) is 21.2 Å². The zero-order chi connectivity index (χ0) is 14.5. The van der Waals surface area contributed by atoms with E-state index in [4.69, 9.17) is 9.84 Å². The number of alkyl carbamates (subject to hydrolysis) is 1. The third-order valence-electron chi connectivity index (χ3n) is 2.04. The molecule has 0 aliphatic carbocycles. The molecule has 0 aromatic carbocycles. The summed E-state index contributed by atoms with van der Waals surface area (Å²) in [5.74, 6) is -2.61. The van der Waals surface area contributed by atoms with E-state index in [1.807, 2.05) is 0 Å². The van der Waals surface area contributed by atoms with Crippen molar-refractivity contribution in [2.75, 3.05) is 5.33 Å². The van der Waals surface area contributed by atoms with Crippen LogP contribution in [0.25, 0.3) is 0 Å². The molecular weight excluding hydrogens is 306 g/mol. The third-order valence-corrected chi connectivity index (χ3v) is 2.59. The van der Waals surface area contributed by atoms with E-state index in [0.29, 0.717) is 0 Å². The summed E-state index contributed by atoms with van der Waals surface area (Å²) in [6.07, 6.45) is -0.810. The van der Waals surface area contributed by atoms with Crippen molar-refractivity contribution < 1.29 is 24.2 Å². The minimum atomic E-state index is -1.16. The molecule has 0 heterocycles. The Morgan fingerprint density at radius 1 is 1.33 bits per heavy atom. The number of carboxylic acid groups (broad SMARTS) is 1. The van der Waals surface area contributed by atoms with Gasteiger partial charge in [0.05, 0.1) is 11.2 Å². The lowest BCUT2D eigenvalue weighted by Crippen LogP contribution is -2.49. The van der Waals surface area contributed by atoms with Crippen molar-refractivity contribution in [2.24, 2.45) is 5.92 Å². The number of aliphatic carboxylic acids is 1. The largest absolute Gasteiger partial charge is 0.481 e. The van der Waals surface area contributed by atoms with Crippen LogP contribution in [0.3, 0.4) is 0 Å². The number of carbonyl (C=O) groups excluding carboxylic acids is 2. The van der Waals surface area contributed by atoms with Crippen LogP contribution in [0.1, 0.15) is 27.7 Å². The van der Waals surface area contributed by atoms with E-state index in [0.717, 1.165) is 0 Å². The number of ether oxygens (including phenoxy) is 1.